The fourth-order valence-corrected chi connectivity index (χ4v) is 0.756. The number of nitrogens with zero attached hydrogens (tertiary/aromatic N) is 2. The van der Waals surface area contributed by atoms with E-state index in [0.29, 0.717) is 5.69 Å². The molecule has 4 heteroatoms. The van der Waals surface area contributed by atoms with E-state index in [1.807, 2.05) is 0 Å². The third-order valence-corrected chi connectivity index (χ3v) is 1.14. The smallest absolute Gasteiger partial charge is 0.309 e. The number of carboxylic acid groups (broad SMARTS) is 1. The van der Waals surface area contributed by atoms with Gasteiger partial charge in [0.1, 0.15) is 0 Å². The Labute approximate surface area is 63.9 Å². The summed E-state index contributed by atoms with van der Waals surface area (Å²) in [5.41, 5.74) is 1.24. The molecule has 0 aliphatic carbocycles. The van der Waals surface area contributed by atoms with E-state index in [4.69, 9.17) is 5.11 Å². The van der Waals surface area contributed by atoms with Gasteiger partial charge in [-0.25, -0.2) is 0 Å². The van der Waals surface area contributed by atoms with Gasteiger partial charge in [-0.3, -0.25) is 14.8 Å². The molecule has 0 aromatic carbocycles. The van der Waals surface area contributed by atoms with Crippen LogP contribution in [0.3, 0.4) is 0 Å². The molecule has 58 valence electrons. The second-order valence-corrected chi connectivity index (χ2v) is 2.22. The summed E-state index contributed by atoms with van der Waals surface area (Å²) >= 11 is 0. The van der Waals surface area contributed by atoms with Gasteiger partial charge in [0.15, 0.2) is 0 Å². The van der Waals surface area contributed by atoms with E-state index in [2.05, 4.69) is 9.97 Å². The molecule has 0 spiro atoms. The molecule has 1 N–H and O–H groups in total. The van der Waals surface area contributed by atoms with Gasteiger partial charge in [-0.15, -0.1) is 0 Å². The minimum atomic E-state index is -0.884. The van der Waals surface area contributed by atoms with Crippen LogP contribution in [0, 0.1) is 6.92 Å². The van der Waals surface area contributed by atoms with Crippen LogP contribution in [-0.4, -0.2) is 21.0 Å². The topological polar surface area (TPSA) is 63.1 Å². The first-order chi connectivity index (χ1) is 5.18. The summed E-state index contributed by atoms with van der Waals surface area (Å²) in [6.45, 7) is 1.78. The van der Waals surface area contributed by atoms with E-state index >= 15 is 0 Å². The monoisotopic (exact) mass is 152 g/mol. The van der Waals surface area contributed by atoms with Gasteiger partial charge in [-0.2, -0.15) is 0 Å². The summed E-state index contributed by atoms with van der Waals surface area (Å²) < 4.78 is 0. The van der Waals surface area contributed by atoms with Gasteiger partial charge < -0.3 is 5.11 Å². The van der Waals surface area contributed by atoms with Gasteiger partial charge in [0.2, 0.25) is 0 Å². The molecule has 0 fully saturated rings. The Kier molecular flexibility index (Phi) is 2.15. The number of aliphatic carboxylic acids is 1. The van der Waals surface area contributed by atoms with Gasteiger partial charge in [-0.1, -0.05) is 0 Å². The van der Waals surface area contributed by atoms with Crippen LogP contribution < -0.4 is 0 Å². The third kappa shape index (κ3) is 2.33. The molecule has 0 aliphatic rings. The number of carboxylic acids is 1. The van der Waals surface area contributed by atoms with E-state index in [1.165, 1.54) is 6.20 Å². The van der Waals surface area contributed by atoms with Crippen molar-refractivity contribution in [3.05, 3.63) is 23.8 Å². The molecule has 0 saturated heterocycles. The zero-order valence-corrected chi connectivity index (χ0v) is 6.11. The molecule has 0 aliphatic heterocycles. The van der Waals surface area contributed by atoms with Crippen molar-refractivity contribution >= 4 is 5.97 Å². The van der Waals surface area contributed by atoms with Crippen molar-refractivity contribution in [3.8, 4) is 0 Å². The first kappa shape index (κ1) is 7.65. The van der Waals surface area contributed by atoms with Crippen molar-refractivity contribution in [1.29, 1.82) is 0 Å². The highest BCUT2D eigenvalue weighted by Crippen LogP contribution is 1.95. The Hall–Kier alpha value is -1.45. The highest BCUT2D eigenvalue weighted by molar-refractivity contribution is 5.69. The predicted molar refractivity (Wildman–Crippen MR) is 38.1 cm³/mol. The quantitative estimate of drug-likeness (QED) is 0.666. The molecule has 1 aromatic rings. The van der Waals surface area contributed by atoms with E-state index in [-0.39, 0.29) is 6.42 Å². The molecule has 0 radical (unpaired) electrons. The van der Waals surface area contributed by atoms with E-state index < -0.39 is 5.97 Å². The Morgan fingerprint density at radius 1 is 1.64 bits per heavy atom. The molecular weight excluding hydrogens is 144 g/mol. The van der Waals surface area contributed by atoms with Gasteiger partial charge in [0, 0.05) is 12.4 Å². The van der Waals surface area contributed by atoms with E-state index in [9.17, 15) is 4.79 Å². The molecular formula is C7H8N2O2. The number of hydrogen-bond acceptors (Lipinski definition) is 3. The summed E-state index contributed by atoms with van der Waals surface area (Å²) in [6.07, 6.45) is 2.99. The lowest BCUT2D eigenvalue weighted by atomic mass is 10.3. The molecule has 0 saturated carbocycles. The van der Waals surface area contributed by atoms with Gasteiger partial charge in [-0.05, 0) is 6.92 Å². The Morgan fingerprint density at radius 3 is 2.91 bits per heavy atom. The minimum absolute atomic E-state index is 0.0608. The highest BCUT2D eigenvalue weighted by atomic mass is 16.4. The Balaban J connectivity index is 2.79. The zero-order valence-electron chi connectivity index (χ0n) is 6.11. The molecule has 1 rings (SSSR count). The van der Waals surface area contributed by atoms with Gasteiger partial charge >= 0.3 is 5.97 Å². The minimum Gasteiger partial charge on any atom is -0.481 e. The number of carbonyl (C=O) groups is 1. The zero-order chi connectivity index (χ0) is 8.27. The summed E-state index contributed by atoms with van der Waals surface area (Å²) in [5, 5.41) is 8.39. The maximum absolute atomic E-state index is 10.2. The van der Waals surface area contributed by atoms with Crippen LogP contribution in [0.5, 0.6) is 0 Å². The third-order valence-electron chi connectivity index (χ3n) is 1.14. The maximum Gasteiger partial charge on any atom is 0.309 e. The molecule has 0 atom stereocenters. The first-order valence-corrected chi connectivity index (χ1v) is 3.18. The number of hydrogen-bond donors (Lipinski definition) is 1. The fourth-order valence-electron chi connectivity index (χ4n) is 0.756. The fraction of sp³-hybridized carbons (Fsp3) is 0.286. The van der Waals surface area contributed by atoms with Crippen LogP contribution in [0.25, 0.3) is 0 Å². The van der Waals surface area contributed by atoms with E-state index in [0.717, 1.165) is 5.69 Å². The SMILES string of the molecule is Cc1cncc(CC(=O)O)n1. The molecule has 0 amide bonds. The summed E-state index contributed by atoms with van der Waals surface area (Å²) in [6, 6.07) is 0. The highest BCUT2D eigenvalue weighted by Gasteiger charge is 2.00. The number of aromatic nitrogens is 2. The first-order valence-electron chi connectivity index (χ1n) is 3.18. The predicted octanol–water partition coefficient (Wildman–Crippen LogP) is 0.412. The second-order valence-electron chi connectivity index (χ2n) is 2.22. The Morgan fingerprint density at radius 2 is 2.36 bits per heavy atom. The van der Waals surface area contributed by atoms with Crippen molar-refractivity contribution < 1.29 is 9.90 Å². The van der Waals surface area contributed by atoms with Crippen LogP contribution in [-0.2, 0) is 11.2 Å². The standard InChI is InChI=1S/C7H8N2O2/c1-5-3-8-4-6(9-5)2-7(10)11/h3-4H,2H2,1H3,(H,10,11). The van der Waals surface area contributed by atoms with Crippen LogP contribution >= 0.6 is 0 Å². The van der Waals surface area contributed by atoms with Gasteiger partial charge in [0.05, 0.1) is 17.8 Å². The normalized spacial score (nSPS) is 9.55. The largest absolute Gasteiger partial charge is 0.481 e. The average Bonchev–Trinajstić information content (AvgIpc) is 1.85. The Bertz CT molecular complexity index is 273. The number of aryl methyl sites for hydroxylation is 1. The summed E-state index contributed by atoms with van der Waals surface area (Å²) in [4.78, 5) is 18.0. The van der Waals surface area contributed by atoms with Crippen LogP contribution in [0.2, 0.25) is 0 Å². The van der Waals surface area contributed by atoms with Crippen molar-refractivity contribution in [2.24, 2.45) is 0 Å². The van der Waals surface area contributed by atoms with Crippen molar-refractivity contribution in [2.45, 2.75) is 13.3 Å². The summed E-state index contributed by atoms with van der Waals surface area (Å²) in [7, 11) is 0. The second kappa shape index (κ2) is 3.09. The number of rotatable bonds is 2. The molecule has 11 heavy (non-hydrogen) atoms. The lowest BCUT2D eigenvalue weighted by Crippen LogP contribution is -2.03. The van der Waals surface area contributed by atoms with Crippen molar-refractivity contribution in [2.75, 3.05) is 0 Å². The molecule has 0 bridgehead atoms. The lowest BCUT2D eigenvalue weighted by Gasteiger charge is -1.95. The molecule has 4 nitrogen and oxygen atoms in total. The molecule has 0 unspecified atom stereocenters. The van der Waals surface area contributed by atoms with Gasteiger partial charge in [0.25, 0.3) is 0 Å². The van der Waals surface area contributed by atoms with Crippen LogP contribution in [0.4, 0.5) is 0 Å². The van der Waals surface area contributed by atoms with Crippen molar-refractivity contribution in [1.82, 2.24) is 9.97 Å². The van der Waals surface area contributed by atoms with Crippen molar-refractivity contribution in [3.63, 3.8) is 0 Å². The summed E-state index contributed by atoms with van der Waals surface area (Å²) in [5.74, 6) is -0.884. The average molecular weight is 152 g/mol. The molecule has 1 heterocycles. The lowest BCUT2D eigenvalue weighted by molar-refractivity contribution is -0.136. The van der Waals surface area contributed by atoms with E-state index in [1.54, 1.807) is 13.1 Å². The maximum atomic E-state index is 10.2. The van der Waals surface area contributed by atoms with Crippen LogP contribution in [0.1, 0.15) is 11.4 Å². The molecule has 1 aromatic heterocycles. The van der Waals surface area contributed by atoms with Crippen LogP contribution in [0.15, 0.2) is 12.4 Å².